The molecule has 10 heteroatoms. The molecule has 2 atom stereocenters. The molecule has 0 amide bonds. The van der Waals surface area contributed by atoms with Crippen LogP contribution in [-0.2, 0) is 14.3 Å². The lowest BCUT2D eigenvalue weighted by Crippen LogP contribution is -2.43. The first-order valence-corrected chi connectivity index (χ1v) is 12.0. The molecule has 0 aromatic heterocycles. The number of hydrogen-bond acceptors (Lipinski definition) is 7. The van der Waals surface area contributed by atoms with Gasteiger partial charge in [-0.15, -0.1) is 24.2 Å². The lowest BCUT2D eigenvalue weighted by Gasteiger charge is -2.38. The maximum atomic E-state index is 12.7. The van der Waals surface area contributed by atoms with E-state index in [1.807, 2.05) is 4.90 Å². The fourth-order valence-corrected chi connectivity index (χ4v) is 5.32. The molecule has 1 fully saturated rings. The van der Waals surface area contributed by atoms with E-state index in [-0.39, 0.29) is 35.7 Å². The Morgan fingerprint density at radius 3 is 2.60 bits per heavy atom. The summed E-state index contributed by atoms with van der Waals surface area (Å²) in [7, 11) is 2.85. The minimum absolute atomic E-state index is 0. The van der Waals surface area contributed by atoms with Crippen molar-refractivity contribution in [2.24, 2.45) is 0 Å². The standard InChI is InChI=1S/C25H26ClNO6S.ClH/c1-32-18-7-5-6-16(12-18)21(28)15-34-22-10-11-27(14-17(22)13-23(29)30)24(25(31)33-2)19-8-3-4-9-20(19)26;/h3-9,12-13,22,24H,10-11,14-15H2,1-2H3,(H,29,30);1H/b17-13+;/t22?,24-;/m0./s1/i5+1,6+1,7+1,12+1,16+1,18+1;. The third kappa shape index (κ3) is 7.48. The van der Waals surface area contributed by atoms with E-state index in [0.29, 0.717) is 40.4 Å². The molecule has 0 saturated carbocycles. The van der Waals surface area contributed by atoms with Gasteiger partial charge in [-0.2, -0.15) is 0 Å². The highest BCUT2D eigenvalue weighted by molar-refractivity contribution is 8.00. The van der Waals surface area contributed by atoms with Gasteiger partial charge in [-0.1, -0.05) is 41.9 Å². The van der Waals surface area contributed by atoms with Gasteiger partial charge in [0.05, 0.1) is 20.0 Å². The number of methoxy groups -OCH3 is 2. The highest BCUT2D eigenvalue weighted by Gasteiger charge is 2.35. The highest BCUT2D eigenvalue weighted by atomic mass is 35.5. The van der Waals surface area contributed by atoms with Crippen LogP contribution in [0.15, 0.2) is 60.2 Å². The Kier molecular flexibility index (Phi) is 11.1. The van der Waals surface area contributed by atoms with E-state index in [0.717, 1.165) is 0 Å². The molecule has 0 aliphatic carbocycles. The van der Waals surface area contributed by atoms with Crippen molar-refractivity contribution in [3.63, 3.8) is 0 Å². The Bertz CT molecular complexity index is 1090. The van der Waals surface area contributed by atoms with E-state index in [1.165, 1.54) is 24.9 Å². The number of Topliss-reactive ketones (excluding diaryl/α,β-unsaturated/α-hetero) is 1. The fraction of sp³-hybridized carbons (Fsp3) is 0.320. The second kappa shape index (κ2) is 13.5. The molecule has 0 spiro atoms. The number of carboxylic acid groups (broad SMARTS) is 1. The summed E-state index contributed by atoms with van der Waals surface area (Å²) in [6.07, 6.45) is 1.73. The van der Waals surface area contributed by atoms with Crippen molar-refractivity contribution in [1.29, 1.82) is 0 Å². The van der Waals surface area contributed by atoms with Gasteiger partial charge in [0, 0.05) is 35.0 Å². The summed E-state index contributed by atoms with van der Waals surface area (Å²) in [6.45, 7) is 0.745. The third-order valence-corrected chi connectivity index (χ3v) is 7.30. The number of esters is 1. The molecule has 1 N–H and O–H groups in total. The average Bonchev–Trinajstić information content (AvgIpc) is 2.84. The largest absolute Gasteiger partial charge is 0.497 e. The number of halogens is 2. The summed E-state index contributed by atoms with van der Waals surface area (Å²) in [4.78, 5) is 38.8. The molecule has 0 radical (unpaired) electrons. The molecule has 1 saturated heterocycles. The first-order chi connectivity index (χ1) is 16.3. The van der Waals surface area contributed by atoms with Gasteiger partial charge in [0.25, 0.3) is 0 Å². The molecular weight excluding hydrogens is 519 g/mol. The second-order valence-corrected chi connectivity index (χ2v) is 9.32. The molecule has 2 aromatic carbocycles. The predicted octanol–water partition coefficient (Wildman–Crippen LogP) is 4.69. The average molecular weight is 546 g/mol. The van der Waals surface area contributed by atoms with Crippen molar-refractivity contribution < 1.29 is 29.0 Å². The summed E-state index contributed by atoms with van der Waals surface area (Å²) in [5, 5.41) is 9.70. The van der Waals surface area contributed by atoms with Crippen molar-refractivity contribution in [3.05, 3.63) is 76.3 Å². The molecule has 3 rings (SSSR count). The number of piperidine rings is 1. The number of ether oxygens (including phenoxy) is 2. The van der Waals surface area contributed by atoms with Gasteiger partial charge in [0.1, 0.15) is 11.8 Å². The first kappa shape index (κ1) is 28.7. The molecule has 2 aromatic rings. The zero-order valence-electron chi connectivity index (χ0n) is 19.3. The number of carbonyl (C=O) groups is 3. The Hall–Kier alpha value is -2.52. The number of likely N-dealkylation sites (tertiary alicyclic amines) is 1. The first-order valence-electron chi connectivity index (χ1n) is 10.6. The van der Waals surface area contributed by atoms with Crippen LogP contribution >= 0.6 is 35.8 Å². The Labute approximate surface area is 219 Å². The maximum absolute atomic E-state index is 12.7. The van der Waals surface area contributed by atoms with Crippen LogP contribution in [0.1, 0.15) is 28.4 Å². The number of benzene rings is 2. The summed E-state index contributed by atoms with van der Waals surface area (Å²) < 4.78 is 10.2. The second-order valence-electron chi connectivity index (χ2n) is 7.72. The number of thioether (sulfide) groups is 1. The summed E-state index contributed by atoms with van der Waals surface area (Å²) >= 11 is 7.76. The molecule has 1 aliphatic heterocycles. The van der Waals surface area contributed by atoms with Gasteiger partial charge in [0.2, 0.25) is 0 Å². The number of carbonyl (C=O) groups excluding carboxylic acids is 2. The number of rotatable bonds is 9. The maximum Gasteiger partial charge on any atom is 0.328 e. The SMILES string of the molecule is COC(=O)[C@H](c1ccccc1Cl)N1CCC(SCC(=O)[13c]2[13cH][13cH][13cH][13c](OC)[13cH]2)/C(=C/C(=O)O)C1.Cl. The molecule has 1 unspecified atom stereocenters. The van der Waals surface area contributed by atoms with Gasteiger partial charge in [-0.05, 0) is 35.8 Å². The molecular formula is C25H27Cl2NO6S. The van der Waals surface area contributed by atoms with Crippen molar-refractivity contribution in [1.82, 2.24) is 4.90 Å². The summed E-state index contributed by atoms with van der Waals surface area (Å²) in [5.74, 6) is -0.815. The van der Waals surface area contributed by atoms with Crippen LogP contribution in [0.5, 0.6) is 5.75 Å². The number of hydrogen-bond donors (Lipinski definition) is 1. The van der Waals surface area contributed by atoms with Gasteiger partial charge < -0.3 is 14.6 Å². The number of aliphatic carboxylic acids is 1. The molecule has 0 bridgehead atoms. The van der Waals surface area contributed by atoms with E-state index in [1.54, 1.807) is 55.6 Å². The van der Waals surface area contributed by atoms with Crippen LogP contribution in [0.3, 0.4) is 0 Å². The van der Waals surface area contributed by atoms with Gasteiger partial charge in [0.15, 0.2) is 5.78 Å². The van der Waals surface area contributed by atoms with Gasteiger partial charge in [-0.3, -0.25) is 9.69 Å². The van der Waals surface area contributed by atoms with Crippen LogP contribution in [0.4, 0.5) is 0 Å². The van der Waals surface area contributed by atoms with Crippen molar-refractivity contribution in [3.8, 4) is 5.75 Å². The van der Waals surface area contributed by atoms with Crippen LogP contribution in [0, 0.1) is 0 Å². The van der Waals surface area contributed by atoms with Crippen LogP contribution < -0.4 is 4.74 Å². The van der Waals surface area contributed by atoms with Crippen molar-refractivity contribution >= 4 is 53.5 Å². The smallest absolute Gasteiger partial charge is 0.328 e. The zero-order valence-corrected chi connectivity index (χ0v) is 21.7. The molecule has 35 heavy (non-hydrogen) atoms. The quantitative estimate of drug-likeness (QED) is 0.275. The van der Waals surface area contributed by atoms with E-state index in [9.17, 15) is 19.5 Å². The van der Waals surface area contributed by atoms with Crippen molar-refractivity contribution in [2.45, 2.75) is 17.7 Å². The summed E-state index contributed by atoms with van der Waals surface area (Å²) in [5.41, 5.74) is 1.77. The monoisotopic (exact) mass is 545 g/mol. The van der Waals surface area contributed by atoms with Crippen LogP contribution in [0.2, 0.25) is 5.02 Å². The number of ketones is 1. The van der Waals surface area contributed by atoms with Crippen LogP contribution in [-0.4, -0.2) is 66.0 Å². The lowest BCUT2D eigenvalue weighted by atomic mass is 9.98. The minimum atomic E-state index is -1.08. The lowest BCUT2D eigenvalue weighted by molar-refractivity contribution is -0.147. The molecule has 7 nitrogen and oxygen atoms in total. The Balaban J connectivity index is 0.00000432. The van der Waals surface area contributed by atoms with E-state index in [2.05, 4.69) is 0 Å². The van der Waals surface area contributed by atoms with Crippen molar-refractivity contribution in [2.75, 3.05) is 33.1 Å². The minimum Gasteiger partial charge on any atom is -0.497 e. The summed E-state index contributed by atoms with van der Waals surface area (Å²) in [6, 6.07) is 13.2. The molecule has 1 heterocycles. The number of carboxylic acids is 1. The molecule has 1 aliphatic rings. The number of nitrogens with zero attached hydrogens (tertiary/aromatic N) is 1. The highest BCUT2D eigenvalue weighted by Crippen LogP contribution is 2.35. The van der Waals surface area contributed by atoms with E-state index >= 15 is 0 Å². The predicted molar refractivity (Wildman–Crippen MR) is 139 cm³/mol. The van der Waals surface area contributed by atoms with Gasteiger partial charge in [-0.25, -0.2) is 9.59 Å². The topological polar surface area (TPSA) is 93.1 Å². The van der Waals surface area contributed by atoms with E-state index < -0.39 is 18.0 Å². The van der Waals surface area contributed by atoms with E-state index in [4.69, 9.17) is 21.1 Å². The third-order valence-electron chi connectivity index (χ3n) is 5.58. The van der Waals surface area contributed by atoms with Gasteiger partial charge >= 0.3 is 11.9 Å². The zero-order chi connectivity index (χ0) is 24.7. The fourth-order valence-electron chi connectivity index (χ4n) is 3.93. The normalized spacial score (nSPS) is 17.8. The Morgan fingerprint density at radius 1 is 1.20 bits per heavy atom. The Morgan fingerprint density at radius 2 is 1.94 bits per heavy atom. The van der Waals surface area contributed by atoms with Crippen LogP contribution in [0.25, 0.3) is 0 Å². The molecule has 188 valence electrons.